The minimum absolute atomic E-state index is 0.0607. The zero-order valence-electron chi connectivity index (χ0n) is 10.8. The van der Waals surface area contributed by atoms with Crippen molar-refractivity contribution in [3.05, 3.63) is 30.1 Å². The van der Waals surface area contributed by atoms with Crippen molar-refractivity contribution < 1.29 is 24.6 Å². The lowest BCUT2D eigenvalue weighted by Crippen LogP contribution is -2.41. The van der Waals surface area contributed by atoms with E-state index in [0.717, 1.165) is 5.56 Å². The van der Waals surface area contributed by atoms with Gasteiger partial charge in [0, 0.05) is 18.8 Å². The molecule has 0 unspecified atom stereocenters. The Bertz CT molecular complexity index is 475. The molecule has 108 valence electrons. The van der Waals surface area contributed by atoms with Crippen molar-refractivity contribution in [2.45, 2.75) is 31.7 Å². The first kappa shape index (κ1) is 15.6. The molecule has 0 aliphatic heterocycles. The van der Waals surface area contributed by atoms with E-state index < -0.39 is 23.9 Å². The van der Waals surface area contributed by atoms with Crippen LogP contribution in [0.3, 0.4) is 0 Å². The van der Waals surface area contributed by atoms with Gasteiger partial charge in [-0.05, 0) is 30.5 Å². The second kappa shape index (κ2) is 7.88. The first-order chi connectivity index (χ1) is 9.49. The van der Waals surface area contributed by atoms with E-state index in [1.165, 1.54) is 0 Å². The smallest absolute Gasteiger partial charge is 0.326 e. The minimum atomic E-state index is -1.17. The third kappa shape index (κ3) is 5.94. The third-order valence-corrected chi connectivity index (χ3v) is 2.63. The summed E-state index contributed by atoms with van der Waals surface area (Å²) in [6.07, 6.45) is 3.31. The van der Waals surface area contributed by atoms with Gasteiger partial charge in [-0.25, -0.2) is 4.79 Å². The van der Waals surface area contributed by atoms with Gasteiger partial charge < -0.3 is 15.5 Å². The van der Waals surface area contributed by atoms with E-state index in [1.807, 2.05) is 0 Å². The van der Waals surface area contributed by atoms with Gasteiger partial charge in [-0.15, -0.1) is 0 Å². The van der Waals surface area contributed by atoms with Crippen LogP contribution in [0.15, 0.2) is 24.5 Å². The Morgan fingerprint density at radius 3 is 2.40 bits per heavy atom. The normalized spacial score (nSPS) is 11.6. The summed E-state index contributed by atoms with van der Waals surface area (Å²) >= 11 is 0. The summed E-state index contributed by atoms with van der Waals surface area (Å²) in [7, 11) is 0. The molecule has 0 radical (unpaired) electrons. The molecule has 0 bridgehead atoms. The summed E-state index contributed by atoms with van der Waals surface area (Å²) in [5.74, 6) is -2.57. The zero-order chi connectivity index (χ0) is 15.0. The molecule has 1 amide bonds. The molecule has 0 fully saturated rings. The van der Waals surface area contributed by atoms with Gasteiger partial charge in [0.05, 0.1) is 6.42 Å². The molecule has 0 aliphatic rings. The Kier molecular flexibility index (Phi) is 6.15. The minimum Gasteiger partial charge on any atom is -0.481 e. The second-order valence-corrected chi connectivity index (χ2v) is 4.28. The number of aliphatic carboxylic acids is 2. The van der Waals surface area contributed by atoms with Gasteiger partial charge >= 0.3 is 11.9 Å². The van der Waals surface area contributed by atoms with Crippen LogP contribution in [0.2, 0.25) is 0 Å². The zero-order valence-corrected chi connectivity index (χ0v) is 10.8. The monoisotopic (exact) mass is 280 g/mol. The predicted octanol–water partition coefficient (Wildman–Crippen LogP) is 0.448. The number of rotatable bonds is 8. The van der Waals surface area contributed by atoms with E-state index in [9.17, 15) is 14.4 Å². The van der Waals surface area contributed by atoms with Gasteiger partial charge in [-0.2, -0.15) is 0 Å². The van der Waals surface area contributed by atoms with Crippen LogP contribution in [-0.2, 0) is 20.8 Å². The third-order valence-electron chi connectivity index (χ3n) is 2.63. The summed E-state index contributed by atoms with van der Waals surface area (Å²) in [6.45, 7) is 0. The number of nitrogens with one attached hydrogen (secondary N) is 1. The number of aromatic nitrogens is 1. The predicted molar refractivity (Wildman–Crippen MR) is 69.0 cm³/mol. The van der Waals surface area contributed by atoms with Crippen LogP contribution in [-0.4, -0.2) is 39.1 Å². The highest BCUT2D eigenvalue weighted by Gasteiger charge is 2.19. The molecule has 1 rings (SSSR count). The molecule has 0 saturated heterocycles. The van der Waals surface area contributed by atoms with E-state index in [1.54, 1.807) is 24.5 Å². The summed E-state index contributed by atoms with van der Waals surface area (Å²) in [5.41, 5.74) is 0.729. The van der Waals surface area contributed by atoms with E-state index in [4.69, 9.17) is 10.2 Å². The number of amides is 1. The number of pyridine rings is 1. The average Bonchev–Trinajstić information content (AvgIpc) is 2.38. The number of nitrogens with zero attached hydrogens (tertiary/aromatic N) is 1. The molecule has 1 atom stereocenters. The largest absolute Gasteiger partial charge is 0.481 e. The van der Waals surface area contributed by atoms with Gasteiger partial charge in [0.2, 0.25) is 5.91 Å². The Morgan fingerprint density at radius 2 is 1.85 bits per heavy atom. The van der Waals surface area contributed by atoms with Crippen molar-refractivity contribution in [1.29, 1.82) is 0 Å². The molecule has 7 nitrogen and oxygen atoms in total. The van der Waals surface area contributed by atoms with E-state index >= 15 is 0 Å². The standard InChI is InChI=1S/C13H16N2O5/c16-11(8-9-4-6-14-7-5-9)15-10(13(19)20)2-1-3-12(17)18/h4-7,10H,1-3,8H2,(H,15,16)(H,17,18)(H,19,20)/t10-/m1/s1. The lowest BCUT2D eigenvalue weighted by molar-refractivity contribution is -0.142. The highest BCUT2D eigenvalue weighted by atomic mass is 16.4. The van der Waals surface area contributed by atoms with Crippen LogP contribution in [0.4, 0.5) is 0 Å². The number of hydrogen-bond donors (Lipinski definition) is 3. The Hall–Kier alpha value is -2.44. The SMILES string of the molecule is O=C(O)CCC[C@@H](NC(=O)Cc1ccncc1)C(=O)O. The quantitative estimate of drug-likeness (QED) is 0.636. The van der Waals surface area contributed by atoms with Gasteiger partial charge in [-0.3, -0.25) is 14.6 Å². The van der Waals surface area contributed by atoms with Crippen LogP contribution in [0, 0.1) is 0 Å². The molecule has 0 aliphatic carbocycles. The Balaban J connectivity index is 2.46. The number of carboxylic acid groups (broad SMARTS) is 2. The molecule has 7 heteroatoms. The summed E-state index contributed by atoms with van der Waals surface area (Å²) in [5, 5.41) is 19.9. The first-order valence-corrected chi connectivity index (χ1v) is 6.12. The summed E-state index contributed by atoms with van der Waals surface area (Å²) in [6, 6.07) is 2.27. The molecule has 1 aromatic heterocycles. The van der Waals surface area contributed by atoms with Crippen LogP contribution in [0.1, 0.15) is 24.8 Å². The van der Waals surface area contributed by atoms with E-state index in [0.29, 0.717) is 0 Å². The van der Waals surface area contributed by atoms with Crippen molar-refractivity contribution in [2.75, 3.05) is 0 Å². The number of carbonyl (C=O) groups excluding carboxylic acids is 1. The van der Waals surface area contributed by atoms with Crippen molar-refractivity contribution in [3.63, 3.8) is 0 Å². The van der Waals surface area contributed by atoms with Gasteiger partial charge in [0.1, 0.15) is 6.04 Å². The number of hydrogen-bond acceptors (Lipinski definition) is 4. The lowest BCUT2D eigenvalue weighted by atomic mass is 10.1. The van der Waals surface area contributed by atoms with Crippen LogP contribution >= 0.6 is 0 Å². The van der Waals surface area contributed by atoms with Crippen LogP contribution < -0.4 is 5.32 Å². The average molecular weight is 280 g/mol. The fraction of sp³-hybridized carbons (Fsp3) is 0.385. The maximum absolute atomic E-state index is 11.7. The van der Waals surface area contributed by atoms with Gasteiger partial charge in [0.25, 0.3) is 0 Å². The Morgan fingerprint density at radius 1 is 1.20 bits per heavy atom. The van der Waals surface area contributed by atoms with Gasteiger partial charge in [0.15, 0.2) is 0 Å². The molecule has 0 spiro atoms. The maximum atomic E-state index is 11.7. The molecule has 1 heterocycles. The van der Waals surface area contributed by atoms with Crippen LogP contribution in [0.25, 0.3) is 0 Å². The number of carboxylic acids is 2. The molecule has 0 aromatic carbocycles. The van der Waals surface area contributed by atoms with Crippen molar-refractivity contribution in [2.24, 2.45) is 0 Å². The van der Waals surface area contributed by atoms with Crippen LogP contribution in [0.5, 0.6) is 0 Å². The lowest BCUT2D eigenvalue weighted by Gasteiger charge is -2.14. The van der Waals surface area contributed by atoms with Crippen molar-refractivity contribution >= 4 is 17.8 Å². The van der Waals surface area contributed by atoms with E-state index in [-0.39, 0.29) is 25.7 Å². The molecular weight excluding hydrogens is 264 g/mol. The van der Waals surface area contributed by atoms with Crippen molar-refractivity contribution in [3.8, 4) is 0 Å². The molecule has 20 heavy (non-hydrogen) atoms. The van der Waals surface area contributed by atoms with Gasteiger partial charge in [-0.1, -0.05) is 0 Å². The fourth-order valence-electron chi connectivity index (χ4n) is 1.65. The molecule has 3 N–H and O–H groups in total. The molecule has 1 aromatic rings. The highest BCUT2D eigenvalue weighted by Crippen LogP contribution is 2.03. The topological polar surface area (TPSA) is 117 Å². The maximum Gasteiger partial charge on any atom is 0.326 e. The number of carbonyl (C=O) groups is 3. The van der Waals surface area contributed by atoms with Crippen molar-refractivity contribution in [1.82, 2.24) is 10.3 Å². The highest BCUT2D eigenvalue weighted by molar-refractivity contribution is 5.84. The first-order valence-electron chi connectivity index (χ1n) is 6.12. The second-order valence-electron chi connectivity index (χ2n) is 4.28. The molecule has 0 saturated carbocycles. The summed E-state index contributed by atoms with van der Waals surface area (Å²) in [4.78, 5) is 36.9. The molecular formula is C13H16N2O5. The van der Waals surface area contributed by atoms with E-state index in [2.05, 4.69) is 10.3 Å². The Labute approximate surface area is 115 Å². The fourth-order valence-corrected chi connectivity index (χ4v) is 1.65. The summed E-state index contributed by atoms with van der Waals surface area (Å²) < 4.78 is 0.